The Balaban J connectivity index is 2.52. The van der Waals surface area contributed by atoms with E-state index in [4.69, 9.17) is 4.74 Å². The molecule has 0 spiro atoms. The molecule has 0 unspecified atom stereocenters. The van der Waals surface area contributed by atoms with Crippen LogP contribution in [0.2, 0.25) is 0 Å². The van der Waals surface area contributed by atoms with Crippen LogP contribution in [0, 0.1) is 18.3 Å². The number of hydrogen-bond donors (Lipinski definition) is 0. The largest absolute Gasteiger partial charge is 0.462 e. The minimum Gasteiger partial charge on any atom is -0.462 e. The molecule has 6 heteroatoms. The van der Waals surface area contributed by atoms with Gasteiger partial charge in [0.2, 0.25) is 0 Å². The van der Waals surface area contributed by atoms with Crippen molar-refractivity contribution in [1.82, 2.24) is 4.40 Å². The van der Waals surface area contributed by atoms with Gasteiger partial charge >= 0.3 is 5.97 Å². The zero-order valence-corrected chi connectivity index (χ0v) is 14.1. The second-order valence-corrected chi connectivity index (χ2v) is 6.91. The van der Waals surface area contributed by atoms with E-state index in [1.54, 1.807) is 18.7 Å². The van der Waals surface area contributed by atoms with Crippen molar-refractivity contribution in [2.45, 2.75) is 18.1 Å². The van der Waals surface area contributed by atoms with E-state index in [9.17, 15) is 10.1 Å². The van der Waals surface area contributed by atoms with Gasteiger partial charge in [0, 0.05) is 11.6 Å². The molecule has 0 saturated heterocycles. The number of pyridine rings is 1. The Morgan fingerprint density at radius 2 is 2.32 bits per heavy atom. The normalized spacial score (nSPS) is 11.0. The lowest BCUT2D eigenvalue weighted by Crippen LogP contribution is -2.05. The third-order valence-electron chi connectivity index (χ3n) is 3.48. The molecule has 0 amide bonds. The quantitative estimate of drug-likeness (QED) is 0.532. The van der Waals surface area contributed by atoms with Crippen LogP contribution in [0.15, 0.2) is 22.5 Å². The SMILES string of the molecule is CCOC(=O)c1c2c(C#N)sc(SC)c2n2ccc(C)cc12. The molecule has 0 N–H and O–H groups in total. The second-order valence-electron chi connectivity index (χ2n) is 4.81. The molecular weight excluding hydrogens is 316 g/mol. The standard InChI is InChI=1S/C16H14N2O2S2/c1-4-20-15(19)12-10-7-9(2)5-6-18(10)14-13(12)11(8-17)22-16(14)21-3/h5-7H,4H2,1-3H3. The highest BCUT2D eigenvalue weighted by molar-refractivity contribution is 8.00. The van der Waals surface area contributed by atoms with Crippen molar-refractivity contribution in [2.24, 2.45) is 0 Å². The van der Waals surface area contributed by atoms with Gasteiger partial charge in [0.1, 0.15) is 10.9 Å². The van der Waals surface area contributed by atoms with Crippen molar-refractivity contribution in [3.63, 3.8) is 0 Å². The minimum atomic E-state index is -0.373. The van der Waals surface area contributed by atoms with Gasteiger partial charge in [-0.1, -0.05) is 0 Å². The number of hydrogen-bond acceptors (Lipinski definition) is 5. The maximum Gasteiger partial charge on any atom is 0.341 e. The summed E-state index contributed by atoms with van der Waals surface area (Å²) in [6.07, 6.45) is 3.92. The summed E-state index contributed by atoms with van der Waals surface area (Å²) in [7, 11) is 0. The molecule has 0 aliphatic carbocycles. The molecule has 0 aliphatic rings. The minimum absolute atomic E-state index is 0.310. The lowest BCUT2D eigenvalue weighted by atomic mass is 10.1. The number of esters is 1. The fourth-order valence-corrected chi connectivity index (χ4v) is 4.41. The Bertz CT molecular complexity index is 931. The van der Waals surface area contributed by atoms with Crippen LogP contribution >= 0.6 is 23.1 Å². The van der Waals surface area contributed by atoms with Gasteiger partial charge in [0.15, 0.2) is 0 Å². The molecule has 0 aromatic carbocycles. The van der Waals surface area contributed by atoms with E-state index >= 15 is 0 Å². The van der Waals surface area contributed by atoms with Gasteiger partial charge in [-0.2, -0.15) is 5.26 Å². The number of nitrogens with zero attached hydrogens (tertiary/aromatic N) is 2. The van der Waals surface area contributed by atoms with Crippen LogP contribution < -0.4 is 0 Å². The van der Waals surface area contributed by atoms with E-state index in [1.807, 2.05) is 35.9 Å². The summed E-state index contributed by atoms with van der Waals surface area (Å²) >= 11 is 3.01. The number of thiophene rings is 1. The van der Waals surface area contributed by atoms with Crippen LogP contribution in [0.25, 0.3) is 16.4 Å². The topological polar surface area (TPSA) is 54.5 Å². The number of carbonyl (C=O) groups is 1. The smallest absolute Gasteiger partial charge is 0.341 e. The monoisotopic (exact) mass is 330 g/mol. The molecule has 22 heavy (non-hydrogen) atoms. The van der Waals surface area contributed by atoms with Gasteiger partial charge in [-0.15, -0.1) is 23.1 Å². The molecule has 0 saturated carbocycles. The average Bonchev–Trinajstić information content (AvgIpc) is 3.01. The summed E-state index contributed by atoms with van der Waals surface area (Å²) in [4.78, 5) is 13.0. The Labute approximate surface area is 136 Å². The number of aryl methyl sites for hydroxylation is 1. The fraction of sp³-hybridized carbons (Fsp3) is 0.250. The van der Waals surface area contributed by atoms with E-state index in [0.717, 1.165) is 20.8 Å². The summed E-state index contributed by atoms with van der Waals surface area (Å²) in [6.45, 7) is 4.07. The van der Waals surface area contributed by atoms with Crippen molar-refractivity contribution < 1.29 is 9.53 Å². The van der Waals surface area contributed by atoms with Crippen molar-refractivity contribution in [2.75, 3.05) is 12.9 Å². The highest BCUT2D eigenvalue weighted by Gasteiger charge is 2.26. The van der Waals surface area contributed by atoms with Gasteiger partial charge in [-0.3, -0.25) is 0 Å². The third kappa shape index (κ3) is 2.09. The zero-order valence-electron chi connectivity index (χ0n) is 12.5. The number of thioether (sulfide) groups is 1. The molecule has 4 nitrogen and oxygen atoms in total. The molecule has 3 aromatic rings. The predicted molar refractivity (Wildman–Crippen MR) is 90.0 cm³/mol. The van der Waals surface area contributed by atoms with Gasteiger partial charge in [0.25, 0.3) is 0 Å². The maximum absolute atomic E-state index is 12.5. The Morgan fingerprint density at radius 1 is 1.55 bits per heavy atom. The number of carbonyl (C=O) groups excluding carboxylic acids is 1. The third-order valence-corrected chi connectivity index (χ3v) is 5.67. The van der Waals surface area contributed by atoms with Gasteiger partial charge in [-0.25, -0.2) is 4.79 Å². The van der Waals surface area contributed by atoms with Crippen molar-refractivity contribution in [1.29, 1.82) is 5.26 Å². The number of nitriles is 1. The number of rotatable bonds is 3. The first-order chi connectivity index (χ1) is 10.6. The van der Waals surface area contributed by atoms with E-state index < -0.39 is 0 Å². The van der Waals surface area contributed by atoms with E-state index in [1.165, 1.54) is 11.3 Å². The van der Waals surface area contributed by atoms with Crippen molar-refractivity contribution in [3.8, 4) is 6.07 Å². The molecule has 112 valence electrons. The van der Waals surface area contributed by atoms with Crippen LogP contribution in [0.1, 0.15) is 27.7 Å². The highest BCUT2D eigenvalue weighted by atomic mass is 32.2. The molecule has 3 heterocycles. The van der Waals surface area contributed by atoms with Crippen LogP contribution in [0.3, 0.4) is 0 Å². The van der Waals surface area contributed by atoms with Gasteiger partial charge < -0.3 is 9.14 Å². The predicted octanol–water partition coefficient (Wildman–Crippen LogP) is 4.23. The first-order valence-electron chi connectivity index (χ1n) is 6.80. The summed E-state index contributed by atoms with van der Waals surface area (Å²) in [5.41, 5.74) is 3.27. The highest BCUT2D eigenvalue weighted by Crippen LogP contribution is 2.42. The second kappa shape index (κ2) is 5.67. The molecule has 0 fully saturated rings. The number of fused-ring (bicyclic) bond motifs is 3. The van der Waals surface area contributed by atoms with Gasteiger partial charge in [0.05, 0.1) is 27.4 Å². The molecule has 3 rings (SSSR count). The lowest BCUT2D eigenvalue weighted by molar-refractivity contribution is 0.0531. The Hall–Kier alpha value is -1.97. The first-order valence-corrected chi connectivity index (χ1v) is 8.84. The number of ether oxygens (including phenoxy) is 1. The molecule has 0 bridgehead atoms. The molecule has 3 aromatic heterocycles. The summed E-state index contributed by atoms with van der Waals surface area (Å²) in [5.74, 6) is -0.373. The number of aromatic nitrogens is 1. The zero-order chi connectivity index (χ0) is 15.9. The fourth-order valence-electron chi connectivity index (χ4n) is 2.60. The van der Waals surface area contributed by atoms with E-state index in [0.29, 0.717) is 22.4 Å². The lowest BCUT2D eigenvalue weighted by Gasteiger charge is -2.03. The summed E-state index contributed by atoms with van der Waals surface area (Å²) in [5, 5.41) is 10.2. The van der Waals surface area contributed by atoms with Crippen LogP contribution in [-0.2, 0) is 4.74 Å². The molecular formula is C16H14N2O2S2. The van der Waals surface area contributed by atoms with Crippen molar-refractivity contribution >= 4 is 45.5 Å². The van der Waals surface area contributed by atoms with Crippen molar-refractivity contribution in [3.05, 3.63) is 34.3 Å². The van der Waals surface area contributed by atoms with E-state index in [-0.39, 0.29) is 5.97 Å². The average molecular weight is 330 g/mol. The molecule has 0 aliphatic heterocycles. The van der Waals surface area contributed by atoms with Crippen LogP contribution in [-0.4, -0.2) is 23.2 Å². The maximum atomic E-state index is 12.5. The summed E-state index contributed by atoms with van der Waals surface area (Å²) < 4.78 is 8.23. The molecule has 0 radical (unpaired) electrons. The van der Waals surface area contributed by atoms with E-state index in [2.05, 4.69) is 6.07 Å². The van der Waals surface area contributed by atoms with Crippen LogP contribution in [0.4, 0.5) is 0 Å². The van der Waals surface area contributed by atoms with Crippen LogP contribution in [0.5, 0.6) is 0 Å². The van der Waals surface area contributed by atoms with Gasteiger partial charge in [-0.05, 0) is 37.8 Å². The Kier molecular flexibility index (Phi) is 3.85. The molecule has 0 atom stereocenters. The summed E-state index contributed by atoms with van der Waals surface area (Å²) in [6, 6.07) is 6.18. The first kappa shape index (κ1) is 14.9. The Morgan fingerprint density at radius 3 is 2.95 bits per heavy atom.